The van der Waals surface area contributed by atoms with Gasteiger partial charge in [-0.1, -0.05) is 0 Å². The van der Waals surface area contributed by atoms with Gasteiger partial charge in [-0.3, -0.25) is 9.78 Å². The highest BCUT2D eigenvalue weighted by molar-refractivity contribution is 6.01. The lowest BCUT2D eigenvalue weighted by Gasteiger charge is -2.29. The molecule has 33 heavy (non-hydrogen) atoms. The Bertz CT molecular complexity index is 1260. The second-order valence-electron chi connectivity index (χ2n) is 8.03. The summed E-state index contributed by atoms with van der Waals surface area (Å²) in [7, 11) is 3.46. The Morgan fingerprint density at radius 1 is 1.09 bits per heavy atom. The monoisotopic (exact) mass is 443 g/mol. The van der Waals surface area contributed by atoms with Gasteiger partial charge in [-0.05, 0) is 30.3 Å². The molecule has 10 heteroatoms. The fourth-order valence-corrected chi connectivity index (χ4v) is 3.89. The number of fused-ring (bicyclic) bond motifs is 1. The third kappa shape index (κ3) is 4.20. The Kier molecular flexibility index (Phi) is 5.57. The molecule has 0 bridgehead atoms. The highest BCUT2D eigenvalue weighted by Gasteiger charge is 2.21. The molecule has 0 aromatic carbocycles. The number of nitrogens with one attached hydrogen (secondary N) is 2. The molecule has 1 saturated heterocycles. The number of piperazine rings is 1. The number of amides is 1. The van der Waals surface area contributed by atoms with Gasteiger partial charge in [-0.2, -0.15) is 0 Å². The van der Waals surface area contributed by atoms with Crippen LogP contribution in [0.15, 0.2) is 55.1 Å². The molecule has 4 aromatic rings. The van der Waals surface area contributed by atoms with Crippen LogP contribution in [0.5, 0.6) is 0 Å². The van der Waals surface area contributed by atoms with E-state index in [1.165, 1.54) is 0 Å². The minimum Gasteiger partial charge on any atom is -0.368 e. The molecular formula is C23H25N9O. The van der Waals surface area contributed by atoms with Crippen LogP contribution in [0.2, 0.25) is 0 Å². The summed E-state index contributed by atoms with van der Waals surface area (Å²) in [6.45, 7) is 3.88. The zero-order chi connectivity index (χ0) is 22.8. The van der Waals surface area contributed by atoms with Gasteiger partial charge in [0.15, 0.2) is 0 Å². The van der Waals surface area contributed by atoms with Crippen LogP contribution < -0.4 is 15.5 Å². The fourth-order valence-electron chi connectivity index (χ4n) is 3.89. The first-order chi connectivity index (χ1) is 16.1. The van der Waals surface area contributed by atoms with Crippen molar-refractivity contribution >= 4 is 28.9 Å². The van der Waals surface area contributed by atoms with Crippen molar-refractivity contribution in [3.8, 4) is 11.3 Å². The van der Waals surface area contributed by atoms with Crippen LogP contribution in [-0.2, 0) is 0 Å². The highest BCUT2D eigenvalue weighted by Crippen LogP contribution is 2.28. The molecule has 0 spiro atoms. The molecule has 1 amide bonds. The molecule has 0 radical (unpaired) electrons. The number of hydrogen-bond acceptors (Lipinski definition) is 8. The summed E-state index contributed by atoms with van der Waals surface area (Å²) < 4.78 is 1.72. The normalized spacial score (nSPS) is 13.8. The first-order valence-corrected chi connectivity index (χ1v) is 10.8. The van der Waals surface area contributed by atoms with Gasteiger partial charge in [0.25, 0.3) is 5.91 Å². The Hall–Kier alpha value is -4.05. The number of hydrogen-bond donors (Lipinski definition) is 2. The van der Waals surface area contributed by atoms with E-state index in [-0.39, 0.29) is 5.91 Å². The Morgan fingerprint density at radius 3 is 2.64 bits per heavy atom. The van der Waals surface area contributed by atoms with Crippen molar-refractivity contribution in [2.24, 2.45) is 0 Å². The maximum Gasteiger partial charge on any atom is 0.255 e. The van der Waals surface area contributed by atoms with Gasteiger partial charge < -0.3 is 20.4 Å². The van der Waals surface area contributed by atoms with Gasteiger partial charge >= 0.3 is 0 Å². The van der Waals surface area contributed by atoms with Crippen LogP contribution in [0.3, 0.4) is 0 Å². The molecule has 0 atom stereocenters. The van der Waals surface area contributed by atoms with Gasteiger partial charge in [0.05, 0.1) is 34.9 Å². The second kappa shape index (κ2) is 8.83. The van der Waals surface area contributed by atoms with E-state index in [9.17, 15) is 4.79 Å². The van der Waals surface area contributed by atoms with E-state index in [4.69, 9.17) is 0 Å². The Labute approximate surface area is 191 Å². The van der Waals surface area contributed by atoms with E-state index < -0.39 is 0 Å². The summed E-state index contributed by atoms with van der Waals surface area (Å²) in [4.78, 5) is 29.9. The van der Waals surface area contributed by atoms with Crippen LogP contribution in [0.1, 0.15) is 10.4 Å². The molecule has 2 N–H and O–H groups in total. The lowest BCUT2D eigenvalue weighted by Crippen LogP contribution is -2.43. The first kappa shape index (κ1) is 20.8. The molecule has 1 fully saturated rings. The van der Waals surface area contributed by atoms with Crippen LogP contribution in [0.4, 0.5) is 17.5 Å². The molecule has 1 aliphatic heterocycles. The van der Waals surface area contributed by atoms with Gasteiger partial charge in [-0.25, -0.2) is 14.5 Å². The molecule has 0 aliphatic carbocycles. The summed E-state index contributed by atoms with van der Waals surface area (Å²) in [5, 5.41) is 11.2. The summed E-state index contributed by atoms with van der Waals surface area (Å²) in [6, 6.07) is 9.51. The highest BCUT2D eigenvalue weighted by atomic mass is 16.2. The number of rotatable bonds is 5. The molecule has 0 unspecified atom stereocenters. The number of carbonyl (C=O) groups excluding carboxylic acids is 1. The van der Waals surface area contributed by atoms with E-state index in [0.29, 0.717) is 28.5 Å². The van der Waals surface area contributed by atoms with Crippen molar-refractivity contribution < 1.29 is 4.79 Å². The summed E-state index contributed by atoms with van der Waals surface area (Å²) >= 11 is 0. The van der Waals surface area contributed by atoms with Gasteiger partial charge in [-0.15, -0.1) is 5.10 Å². The van der Waals surface area contributed by atoms with Crippen molar-refractivity contribution in [2.45, 2.75) is 0 Å². The van der Waals surface area contributed by atoms with E-state index in [0.717, 1.165) is 37.4 Å². The van der Waals surface area contributed by atoms with Crippen molar-refractivity contribution in [1.82, 2.24) is 34.8 Å². The molecular weight excluding hydrogens is 418 g/mol. The Balaban J connectivity index is 1.48. The number of carbonyl (C=O) groups is 1. The number of anilines is 3. The Morgan fingerprint density at radius 2 is 1.94 bits per heavy atom. The minimum absolute atomic E-state index is 0.112. The number of aromatic nitrogens is 5. The molecule has 1 aliphatic rings. The average Bonchev–Trinajstić information content (AvgIpc) is 3.24. The van der Waals surface area contributed by atoms with Crippen LogP contribution in [0, 0.1) is 0 Å². The predicted octanol–water partition coefficient (Wildman–Crippen LogP) is 2.04. The SMILES string of the molecule is CN(C)C(=O)c1cc2cnc(Nc3ccc(N4CCNCC4)cn3)nn2c1-c1cccnc1. The zero-order valence-corrected chi connectivity index (χ0v) is 18.6. The standard InChI is InChI=1S/C23H25N9O/c1-30(2)22(33)19-12-18-15-27-23(29-32(18)21(19)16-4-3-7-25-13-16)28-20-6-5-17(14-26-20)31-10-8-24-9-11-31/h3-7,12-15,24H,8-11H2,1-2H3,(H,26,28,29). The fraction of sp³-hybridized carbons (Fsp3) is 0.261. The van der Waals surface area contributed by atoms with Crippen molar-refractivity contribution in [3.05, 3.63) is 60.7 Å². The van der Waals surface area contributed by atoms with Crippen molar-refractivity contribution in [1.29, 1.82) is 0 Å². The maximum absolute atomic E-state index is 12.9. The zero-order valence-electron chi connectivity index (χ0n) is 18.6. The molecule has 10 nitrogen and oxygen atoms in total. The van der Waals surface area contributed by atoms with Crippen molar-refractivity contribution in [2.75, 3.05) is 50.5 Å². The lowest BCUT2D eigenvalue weighted by atomic mass is 10.1. The largest absolute Gasteiger partial charge is 0.368 e. The third-order valence-electron chi connectivity index (χ3n) is 5.56. The number of pyridine rings is 2. The molecule has 5 rings (SSSR count). The quantitative estimate of drug-likeness (QED) is 0.483. The van der Waals surface area contributed by atoms with E-state index in [2.05, 4.69) is 35.6 Å². The molecule has 4 aromatic heterocycles. The molecule has 5 heterocycles. The summed E-state index contributed by atoms with van der Waals surface area (Å²) in [6.07, 6.45) is 6.97. The van der Waals surface area contributed by atoms with Crippen LogP contribution in [-0.4, -0.2) is 75.6 Å². The average molecular weight is 444 g/mol. The predicted molar refractivity (Wildman–Crippen MR) is 127 cm³/mol. The second-order valence-corrected chi connectivity index (χ2v) is 8.03. The van der Waals surface area contributed by atoms with E-state index in [1.807, 2.05) is 30.5 Å². The van der Waals surface area contributed by atoms with Crippen LogP contribution in [0.25, 0.3) is 16.8 Å². The summed E-state index contributed by atoms with van der Waals surface area (Å²) in [5.41, 5.74) is 3.81. The molecule has 168 valence electrons. The lowest BCUT2D eigenvalue weighted by molar-refractivity contribution is 0.0828. The van der Waals surface area contributed by atoms with Crippen LogP contribution >= 0.6 is 0 Å². The molecule has 0 saturated carbocycles. The van der Waals surface area contributed by atoms with E-state index in [1.54, 1.807) is 48.2 Å². The topological polar surface area (TPSA) is 104 Å². The minimum atomic E-state index is -0.112. The van der Waals surface area contributed by atoms with Gasteiger partial charge in [0.1, 0.15) is 5.82 Å². The van der Waals surface area contributed by atoms with Crippen molar-refractivity contribution in [3.63, 3.8) is 0 Å². The first-order valence-electron chi connectivity index (χ1n) is 10.8. The van der Waals surface area contributed by atoms with Gasteiger partial charge in [0, 0.05) is 58.2 Å². The smallest absolute Gasteiger partial charge is 0.255 e. The van der Waals surface area contributed by atoms with Gasteiger partial charge in [0.2, 0.25) is 5.95 Å². The summed E-state index contributed by atoms with van der Waals surface area (Å²) in [5.74, 6) is 0.918. The van der Waals surface area contributed by atoms with E-state index >= 15 is 0 Å². The third-order valence-corrected chi connectivity index (χ3v) is 5.56. The maximum atomic E-state index is 12.9. The number of nitrogens with zero attached hydrogens (tertiary/aromatic N) is 7.